The molecule has 1 N–H and O–H groups in total. The van der Waals surface area contributed by atoms with E-state index in [9.17, 15) is 9.18 Å². The lowest BCUT2D eigenvalue weighted by molar-refractivity contribution is -0.131. The van der Waals surface area contributed by atoms with Crippen LogP contribution in [0.2, 0.25) is 0 Å². The highest BCUT2D eigenvalue weighted by Gasteiger charge is 2.44. The molecule has 20 heavy (non-hydrogen) atoms. The van der Waals surface area contributed by atoms with Gasteiger partial charge in [0.1, 0.15) is 5.82 Å². The van der Waals surface area contributed by atoms with Gasteiger partial charge >= 0.3 is 0 Å². The van der Waals surface area contributed by atoms with Crippen LogP contribution < -0.4 is 5.32 Å². The van der Waals surface area contributed by atoms with Crippen LogP contribution in [0.1, 0.15) is 18.9 Å². The van der Waals surface area contributed by atoms with Crippen molar-refractivity contribution in [2.75, 3.05) is 19.6 Å². The summed E-state index contributed by atoms with van der Waals surface area (Å²) in [6.45, 7) is 4.97. The summed E-state index contributed by atoms with van der Waals surface area (Å²) in [4.78, 5) is 14.5. The van der Waals surface area contributed by atoms with Crippen molar-refractivity contribution in [3.05, 3.63) is 35.6 Å². The first-order valence-corrected chi connectivity index (χ1v) is 7.44. The summed E-state index contributed by atoms with van der Waals surface area (Å²) in [5.41, 5.74) is 0.502. The van der Waals surface area contributed by atoms with Gasteiger partial charge in [-0.3, -0.25) is 4.79 Å². The van der Waals surface area contributed by atoms with E-state index in [1.807, 2.05) is 4.90 Å². The Morgan fingerprint density at radius 3 is 2.95 bits per heavy atom. The molecule has 2 aliphatic heterocycles. The first kappa shape index (κ1) is 13.6. The Kier molecular flexibility index (Phi) is 3.74. The molecule has 1 aromatic carbocycles. The van der Waals surface area contributed by atoms with Crippen molar-refractivity contribution in [2.45, 2.75) is 25.8 Å². The molecule has 3 nitrogen and oxygen atoms in total. The zero-order valence-corrected chi connectivity index (χ0v) is 11.8. The Morgan fingerprint density at radius 2 is 2.20 bits per heavy atom. The van der Waals surface area contributed by atoms with E-state index >= 15 is 0 Å². The number of nitrogens with one attached hydrogen (secondary N) is 1. The van der Waals surface area contributed by atoms with Crippen LogP contribution in [0.25, 0.3) is 0 Å². The number of fused-ring (bicyclic) bond motifs is 1. The van der Waals surface area contributed by atoms with Gasteiger partial charge in [-0.2, -0.15) is 0 Å². The summed E-state index contributed by atoms with van der Waals surface area (Å²) < 4.78 is 13.7. The molecule has 3 unspecified atom stereocenters. The molecule has 0 aromatic heterocycles. The number of rotatable bonds is 3. The maximum Gasteiger partial charge on any atom is 0.227 e. The highest BCUT2D eigenvalue weighted by molar-refractivity contribution is 5.79. The van der Waals surface area contributed by atoms with Crippen molar-refractivity contribution in [1.29, 1.82) is 0 Å². The monoisotopic (exact) mass is 276 g/mol. The molecule has 108 valence electrons. The van der Waals surface area contributed by atoms with Crippen LogP contribution in [0.4, 0.5) is 4.39 Å². The van der Waals surface area contributed by atoms with Crippen LogP contribution in [0.3, 0.4) is 0 Å². The zero-order chi connectivity index (χ0) is 14.1. The van der Waals surface area contributed by atoms with Crippen LogP contribution in [0, 0.1) is 17.7 Å². The van der Waals surface area contributed by atoms with E-state index in [1.165, 1.54) is 6.07 Å². The smallest absolute Gasteiger partial charge is 0.227 e. The molecular formula is C16H21FN2O. The summed E-state index contributed by atoms with van der Waals surface area (Å²) in [7, 11) is 0. The predicted molar refractivity (Wildman–Crippen MR) is 75.7 cm³/mol. The Balaban J connectivity index is 1.73. The van der Waals surface area contributed by atoms with Gasteiger partial charge in [0, 0.05) is 25.7 Å². The van der Waals surface area contributed by atoms with Gasteiger partial charge in [-0.05, 0) is 29.9 Å². The van der Waals surface area contributed by atoms with Crippen molar-refractivity contribution in [1.82, 2.24) is 10.2 Å². The molecule has 0 spiro atoms. The van der Waals surface area contributed by atoms with Crippen LogP contribution in [0.15, 0.2) is 24.3 Å². The summed E-state index contributed by atoms with van der Waals surface area (Å²) in [6.07, 6.45) is 1.15. The number of nitrogens with zero attached hydrogens (tertiary/aromatic N) is 1. The molecule has 0 aliphatic carbocycles. The maximum absolute atomic E-state index is 13.7. The lowest BCUT2D eigenvalue weighted by Crippen LogP contribution is -2.40. The Hall–Kier alpha value is -1.42. The number of carbonyl (C=O) groups is 1. The van der Waals surface area contributed by atoms with E-state index in [-0.39, 0.29) is 18.1 Å². The Bertz CT molecular complexity index is 505. The van der Waals surface area contributed by atoms with Crippen LogP contribution in [-0.2, 0) is 11.2 Å². The normalized spacial score (nSPS) is 28.7. The molecule has 1 amide bonds. The van der Waals surface area contributed by atoms with E-state index in [4.69, 9.17) is 0 Å². The van der Waals surface area contributed by atoms with Crippen molar-refractivity contribution >= 4 is 5.91 Å². The van der Waals surface area contributed by atoms with E-state index in [2.05, 4.69) is 12.2 Å². The van der Waals surface area contributed by atoms with Crippen LogP contribution in [0.5, 0.6) is 0 Å². The van der Waals surface area contributed by atoms with Crippen molar-refractivity contribution in [3.63, 3.8) is 0 Å². The second-order valence-electron chi connectivity index (χ2n) is 5.87. The fourth-order valence-corrected chi connectivity index (χ4v) is 3.74. The third-order valence-electron chi connectivity index (χ3n) is 4.76. The van der Waals surface area contributed by atoms with Gasteiger partial charge in [-0.15, -0.1) is 0 Å². The van der Waals surface area contributed by atoms with Crippen molar-refractivity contribution in [3.8, 4) is 0 Å². The number of carbonyl (C=O) groups excluding carboxylic acids is 1. The first-order valence-electron chi connectivity index (χ1n) is 7.44. The van der Waals surface area contributed by atoms with Gasteiger partial charge in [-0.25, -0.2) is 4.39 Å². The number of likely N-dealkylation sites (tertiary alicyclic amines) is 1. The minimum absolute atomic E-state index is 0.0661. The predicted octanol–water partition coefficient (Wildman–Crippen LogP) is 1.82. The zero-order valence-electron chi connectivity index (χ0n) is 11.8. The molecule has 1 aromatic rings. The molecule has 2 saturated heterocycles. The van der Waals surface area contributed by atoms with Crippen molar-refractivity contribution < 1.29 is 9.18 Å². The van der Waals surface area contributed by atoms with E-state index in [1.54, 1.807) is 18.2 Å². The van der Waals surface area contributed by atoms with Gasteiger partial charge in [0.2, 0.25) is 5.91 Å². The number of hydrogen-bond acceptors (Lipinski definition) is 2. The summed E-state index contributed by atoms with van der Waals surface area (Å²) in [6, 6.07) is 6.87. The fourth-order valence-electron chi connectivity index (χ4n) is 3.74. The van der Waals surface area contributed by atoms with Gasteiger partial charge in [0.25, 0.3) is 0 Å². The number of halogens is 1. The molecular weight excluding hydrogens is 255 g/mol. The average Bonchev–Trinajstić information content (AvgIpc) is 3.01. The number of benzene rings is 1. The lowest BCUT2D eigenvalue weighted by atomic mass is 9.93. The molecule has 3 rings (SSSR count). The highest BCUT2D eigenvalue weighted by Crippen LogP contribution is 2.34. The first-order chi connectivity index (χ1) is 9.70. The quantitative estimate of drug-likeness (QED) is 0.913. The molecule has 3 atom stereocenters. The third kappa shape index (κ3) is 2.33. The molecule has 0 bridgehead atoms. The third-order valence-corrected chi connectivity index (χ3v) is 4.76. The maximum atomic E-state index is 13.7. The molecule has 0 radical (unpaired) electrons. The summed E-state index contributed by atoms with van der Waals surface area (Å²) in [5.74, 6) is 0.931. The van der Waals surface area contributed by atoms with E-state index < -0.39 is 0 Å². The Morgan fingerprint density at radius 1 is 1.40 bits per heavy atom. The average molecular weight is 276 g/mol. The number of hydrogen-bond donors (Lipinski definition) is 1. The van der Waals surface area contributed by atoms with Crippen LogP contribution in [-0.4, -0.2) is 36.5 Å². The van der Waals surface area contributed by atoms with Gasteiger partial charge in [-0.1, -0.05) is 25.1 Å². The molecule has 4 heteroatoms. The number of amides is 1. The minimum Gasteiger partial charge on any atom is -0.339 e. The molecule has 2 heterocycles. The largest absolute Gasteiger partial charge is 0.339 e. The minimum atomic E-state index is -0.282. The standard InChI is InChI=1S/C16H21FN2O/c1-2-15-13-9-18-8-12(13)10-19(15)16(20)7-11-5-3-4-6-14(11)17/h3-6,12-13,15,18H,2,7-10H2,1H3. The lowest BCUT2D eigenvalue weighted by Gasteiger charge is -2.27. The van der Waals surface area contributed by atoms with E-state index in [0.717, 1.165) is 26.1 Å². The molecule has 0 saturated carbocycles. The second kappa shape index (κ2) is 5.52. The second-order valence-corrected chi connectivity index (χ2v) is 5.87. The summed E-state index contributed by atoms with van der Waals surface area (Å²) >= 11 is 0. The van der Waals surface area contributed by atoms with Gasteiger partial charge in [0.05, 0.1) is 6.42 Å². The SMILES string of the molecule is CCC1C2CNCC2CN1C(=O)Cc1ccccc1F. The topological polar surface area (TPSA) is 32.3 Å². The van der Waals surface area contributed by atoms with Gasteiger partial charge < -0.3 is 10.2 Å². The van der Waals surface area contributed by atoms with Crippen LogP contribution >= 0.6 is 0 Å². The van der Waals surface area contributed by atoms with Gasteiger partial charge in [0.15, 0.2) is 0 Å². The molecule has 2 fully saturated rings. The highest BCUT2D eigenvalue weighted by atomic mass is 19.1. The fraction of sp³-hybridized carbons (Fsp3) is 0.562. The van der Waals surface area contributed by atoms with E-state index in [0.29, 0.717) is 23.4 Å². The Labute approximate surface area is 119 Å². The van der Waals surface area contributed by atoms with Crippen molar-refractivity contribution in [2.24, 2.45) is 11.8 Å². The summed E-state index contributed by atoms with van der Waals surface area (Å²) in [5, 5.41) is 3.41. The molecule has 2 aliphatic rings.